The topological polar surface area (TPSA) is 44.5 Å². The van der Waals surface area contributed by atoms with Crippen molar-refractivity contribution in [3.8, 4) is 0 Å². The van der Waals surface area contributed by atoms with E-state index in [-0.39, 0.29) is 0 Å². The molecule has 18 heavy (non-hydrogen) atoms. The molecule has 0 aliphatic carbocycles. The number of nitrogens with zero attached hydrogens (tertiary/aromatic N) is 2. The molecule has 3 N–H and O–H groups in total. The second-order valence-corrected chi connectivity index (χ2v) is 5.31. The van der Waals surface area contributed by atoms with Crippen molar-refractivity contribution >= 4 is 34.5 Å². The number of likely N-dealkylation sites (N-methyl/N-ethyl adjacent to an activating group) is 1. The molecule has 1 aromatic rings. The average Bonchev–Trinajstić information content (AvgIpc) is 2.34. The molecule has 4 nitrogen and oxygen atoms in total. The highest BCUT2D eigenvalue weighted by atomic mass is 35.5. The van der Waals surface area contributed by atoms with E-state index >= 15 is 0 Å². The van der Waals surface area contributed by atoms with E-state index in [1.54, 1.807) is 6.07 Å². The highest BCUT2D eigenvalue weighted by molar-refractivity contribution is 7.80. The number of nitrogens with one attached hydrogen (secondary N) is 1. The summed E-state index contributed by atoms with van der Waals surface area (Å²) < 4.78 is 0. The molecule has 0 aromatic heterocycles. The first-order valence-corrected chi connectivity index (χ1v) is 6.64. The van der Waals surface area contributed by atoms with Crippen LogP contribution in [0.4, 0.5) is 5.69 Å². The molecule has 0 unspecified atom stereocenters. The summed E-state index contributed by atoms with van der Waals surface area (Å²) in [6.07, 6.45) is 0. The molecule has 6 heteroatoms. The maximum Gasteiger partial charge on any atom is 0.104 e. The Morgan fingerprint density at radius 1 is 1.33 bits per heavy atom. The fraction of sp³-hybridized carbons (Fsp3) is 0.417. The number of anilines is 1. The number of benzene rings is 1. The first-order chi connectivity index (χ1) is 8.56. The molecule has 1 fully saturated rings. The lowest BCUT2D eigenvalue weighted by Gasteiger charge is -2.33. The Hall–Kier alpha value is -0.880. The third kappa shape index (κ3) is 3.32. The summed E-state index contributed by atoms with van der Waals surface area (Å²) in [6, 6.07) is 5.59. The van der Waals surface area contributed by atoms with Gasteiger partial charge in [0.25, 0.3) is 0 Å². The standard InChI is InChI=1S/C12H17ClN4S/c1-16-4-6-17(7-5-16)15-11-3-2-9(12(14)18)8-10(11)13/h2-3,8,15H,4-7H2,1H3,(H2,14,18). The largest absolute Gasteiger partial charge is 0.389 e. The van der Waals surface area contributed by atoms with E-state index in [0.29, 0.717) is 10.0 Å². The summed E-state index contributed by atoms with van der Waals surface area (Å²) >= 11 is 11.1. The van der Waals surface area contributed by atoms with Crippen LogP contribution in [0.3, 0.4) is 0 Å². The smallest absolute Gasteiger partial charge is 0.104 e. The maximum absolute atomic E-state index is 6.21. The van der Waals surface area contributed by atoms with Gasteiger partial charge in [0.15, 0.2) is 0 Å². The minimum Gasteiger partial charge on any atom is -0.389 e. The Balaban J connectivity index is 2.03. The highest BCUT2D eigenvalue weighted by Gasteiger charge is 2.14. The van der Waals surface area contributed by atoms with Gasteiger partial charge in [-0.25, -0.2) is 5.01 Å². The Labute approximate surface area is 118 Å². The summed E-state index contributed by atoms with van der Waals surface area (Å²) in [4.78, 5) is 2.67. The number of nitrogens with two attached hydrogens (primary N) is 1. The van der Waals surface area contributed by atoms with Gasteiger partial charge in [-0.15, -0.1) is 0 Å². The zero-order chi connectivity index (χ0) is 13.1. The van der Waals surface area contributed by atoms with Crippen molar-refractivity contribution in [2.45, 2.75) is 0 Å². The van der Waals surface area contributed by atoms with Gasteiger partial charge in [0.1, 0.15) is 4.99 Å². The summed E-state index contributed by atoms with van der Waals surface area (Å²) in [5, 5.41) is 2.81. The molecule has 1 saturated heterocycles. The first kappa shape index (κ1) is 13.5. The van der Waals surface area contributed by atoms with Gasteiger partial charge in [-0.3, -0.25) is 0 Å². The average molecular weight is 285 g/mol. The SMILES string of the molecule is CN1CCN(Nc2ccc(C(N)=S)cc2Cl)CC1. The zero-order valence-electron chi connectivity index (χ0n) is 10.3. The van der Waals surface area contributed by atoms with Crippen molar-refractivity contribution in [2.24, 2.45) is 5.73 Å². The van der Waals surface area contributed by atoms with Gasteiger partial charge < -0.3 is 16.1 Å². The second kappa shape index (κ2) is 5.84. The maximum atomic E-state index is 6.21. The number of thiocarbonyl (C=S) groups is 1. The molecule has 0 atom stereocenters. The van der Waals surface area contributed by atoms with Crippen molar-refractivity contribution in [3.05, 3.63) is 28.8 Å². The van der Waals surface area contributed by atoms with Gasteiger partial charge in [0.05, 0.1) is 10.7 Å². The molecule has 1 aliphatic rings. The van der Waals surface area contributed by atoms with Gasteiger partial charge in [-0.1, -0.05) is 23.8 Å². The van der Waals surface area contributed by atoms with E-state index in [4.69, 9.17) is 29.6 Å². The van der Waals surface area contributed by atoms with Gasteiger partial charge in [-0.2, -0.15) is 0 Å². The van der Waals surface area contributed by atoms with E-state index in [1.807, 2.05) is 12.1 Å². The van der Waals surface area contributed by atoms with Crippen LogP contribution in [0.5, 0.6) is 0 Å². The number of hydrazine groups is 1. The molecule has 0 bridgehead atoms. The fourth-order valence-corrected chi connectivity index (χ4v) is 2.20. The minimum atomic E-state index is 0.364. The molecule has 1 aliphatic heterocycles. The predicted octanol–water partition coefficient (Wildman–Crippen LogP) is 1.55. The molecular weight excluding hydrogens is 268 g/mol. The van der Waals surface area contributed by atoms with Crippen molar-refractivity contribution in [1.29, 1.82) is 0 Å². The van der Waals surface area contributed by atoms with Crippen LogP contribution in [0.15, 0.2) is 18.2 Å². The van der Waals surface area contributed by atoms with E-state index in [0.717, 1.165) is 37.4 Å². The number of hydrogen-bond donors (Lipinski definition) is 2. The van der Waals surface area contributed by atoms with Crippen molar-refractivity contribution in [3.63, 3.8) is 0 Å². The zero-order valence-corrected chi connectivity index (χ0v) is 11.9. The predicted molar refractivity (Wildman–Crippen MR) is 80.0 cm³/mol. The summed E-state index contributed by atoms with van der Waals surface area (Å²) in [5.41, 5.74) is 10.6. The number of rotatable bonds is 3. The molecular formula is C12H17ClN4S. The second-order valence-electron chi connectivity index (χ2n) is 4.46. The van der Waals surface area contributed by atoms with E-state index in [2.05, 4.69) is 22.4 Å². The lowest BCUT2D eigenvalue weighted by molar-refractivity contribution is 0.179. The quantitative estimate of drug-likeness (QED) is 0.825. The van der Waals surface area contributed by atoms with Crippen molar-refractivity contribution in [2.75, 3.05) is 38.7 Å². The van der Waals surface area contributed by atoms with E-state index in [9.17, 15) is 0 Å². The van der Waals surface area contributed by atoms with Crippen LogP contribution in [-0.2, 0) is 0 Å². The van der Waals surface area contributed by atoms with Gasteiger partial charge >= 0.3 is 0 Å². The van der Waals surface area contributed by atoms with Crippen LogP contribution in [0.25, 0.3) is 0 Å². The summed E-state index contributed by atoms with van der Waals surface area (Å²) in [7, 11) is 2.13. The van der Waals surface area contributed by atoms with E-state index in [1.165, 1.54) is 0 Å². The van der Waals surface area contributed by atoms with Crippen LogP contribution >= 0.6 is 23.8 Å². The molecule has 0 spiro atoms. The van der Waals surface area contributed by atoms with Crippen LogP contribution in [0.2, 0.25) is 5.02 Å². The number of halogens is 1. The number of hydrogen-bond acceptors (Lipinski definition) is 4. The van der Waals surface area contributed by atoms with Crippen LogP contribution in [-0.4, -0.2) is 48.1 Å². The third-order valence-corrected chi connectivity index (χ3v) is 3.58. The van der Waals surface area contributed by atoms with Crippen molar-refractivity contribution in [1.82, 2.24) is 9.91 Å². The lowest BCUT2D eigenvalue weighted by Crippen LogP contribution is -2.46. The van der Waals surface area contributed by atoms with Crippen LogP contribution < -0.4 is 11.2 Å². The normalized spacial score (nSPS) is 17.7. The van der Waals surface area contributed by atoms with Gasteiger partial charge in [-0.05, 0) is 25.2 Å². The molecule has 0 amide bonds. The van der Waals surface area contributed by atoms with E-state index < -0.39 is 0 Å². The molecule has 98 valence electrons. The van der Waals surface area contributed by atoms with Crippen LogP contribution in [0.1, 0.15) is 5.56 Å². The molecule has 1 aromatic carbocycles. The highest BCUT2D eigenvalue weighted by Crippen LogP contribution is 2.23. The fourth-order valence-electron chi connectivity index (χ4n) is 1.85. The monoisotopic (exact) mass is 284 g/mol. The molecule has 2 rings (SSSR count). The summed E-state index contributed by atoms with van der Waals surface area (Å²) in [6.45, 7) is 4.05. The molecule has 0 saturated carbocycles. The molecule has 0 radical (unpaired) electrons. The Kier molecular flexibility index (Phi) is 4.40. The number of piperazine rings is 1. The lowest BCUT2D eigenvalue weighted by atomic mass is 10.2. The Morgan fingerprint density at radius 3 is 2.56 bits per heavy atom. The van der Waals surface area contributed by atoms with Crippen LogP contribution in [0, 0.1) is 0 Å². The first-order valence-electron chi connectivity index (χ1n) is 5.86. The van der Waals surface area contributed by atoms with Gasteiger partial charge in [0, 0.05) is 31.7 Å². The minimum absolute atomic E-state index is 0.364. The van der Waals surface area contributed by atoms with Gasteiger partial charge in [0.2, 0.25) is 0 Å². The van der Waals surface area contributed by atoms with Crippen molar-refractivity contribution < 1.29 is 0 Å². The summed E-state index contributed by atoms with van der Waals surface area (Å²) in [5.74, 6) is 0. The Bertz CT molecular complexity index is 444. The Morgan fingerprint density at radius 2 is 2.00 bits per heavy atom. The molecule has 1 heterocycles. The third-order valence-electron chi connectivity index (χ3n) is 3.04.